The van der Waals surface area contributed by atoms with Gasteiger partial charge in [-0.3, -0.25) is 4.79 Å². The Morgan fingerprint density at radius 3 is 2.69 bits per heavy atom. The zero-order chi connectivity index (χ0) is 19.1. The summed E-state index contributed by atoms with van der Waals surface area (Å²) in [7, 11) is 1.95. The molecule has 1 heterocycles. The van der Waals surface area contributed by atoms with Gasteiger partial charge >= 0.3 is 0 Å². The van der Waals surface area contributed by atoms with E-state index in [0.29, 0.717) is 5.56 Å². The number of benzene rings is 1. The van der Waals surface area contributed by atoms with Crippen LogP contribution in [0.4, 0.5) is 0 Å². The Balaban J connectivity index is 2.43. The van der Waals surface area contributed by atoms with Crippen LogP contribution in [0.5, 0.6) is 0 Å². The third-order valence-corrected chi connectivity index (χ3v) is 5.18. The SMILES string of the molecule is CCOC(CC)Cc1cccc(-c2cn(C)cc(/C=C(/Br)CC)c2=O)c1. The van der Waals surface area contributed by atoms with Crippen molar-refractivity contribution in [2.75, 3.05) is 6.61 Å². The summed E-state index contributed by atoms with van der Waals surface area (Å²) >= 11 is 3.51. The van der Waals surface area contributed by atoms with Crippen molar-refractivity contribution in [2.45, 2.75) is 46.1 Å². The van der Waals surface area contributed by atoms with Gasteiger partial charge in [-0.2, -0.15) is 0 Å². The molecule has 0 aliphatic rings. The van der Waals surface area contributed by atoms with Crippen molar-refractivity contribution >= 4 is 22.0 Å². The van der Waals surface area contributed by atoms with E-state index in [1.807, 2.05) is 49.1 Å². The average molecular weight is 418 g/mol. The second kappa shape index (κ2) is 9.89. The first-order chi connectivity index (χ1) is 12.5. The van der Waals surface area contributed by atoms with Gasteiger partial charge in [-0.1, -0.05) is 54.0 Å². The number of rotatable bonds is 8. The number of hydrogen-bond donors (Lipinski definition) is 0. The first-order valence-electron chi connectivity index (χ1n) is 9.25. The monoisotopic (exact) mass is 417 g/mol. The lowest BCUT2D eigenvalue weighted by Crippen LogP contribution is -2.15. The van der Waals surface area contributed by atoms with E-state index in [9.17, 15) is 4.79 Å². The van der Waals surface area contributed by atoms with Crippen LogP contribution in [0.2, 0.25) is 0 Å². The normalized spacial score (nSPS) is 13.0. The molecule has 0 fully saturated rings. The quantitative estimate of drug-likeness (QED) is 0.562. The minimum Gasteiger partial charge on any atom is -0.378 e. The minimum absolute atomic E-state index is 0.0579. The summed E-state index contributed by atoms with van der Waals surface area (Å²) in [4.78, 5) is 13.0. The average Bonchev–Trinajstić information content (AvgIpc) is 2.64. The van der Waals surface area contributed by atoms with Crippen LogP contribution in [-0.2, 0) is 18.2 Å². The van der Waals surface area contributed by atoms with Gasteiger partial charge in [0.05, 0.1) is 6.10 Å². The molecule has 0 radical (unpaired) electrons. The third-order valence-electron chi connectivity index (χ3n) is 4.39. The van der Waals surface area contributed by atoms with Crippen LogP contribution in [0.15, 0.2) is 45.9 Å². The van der Waals surface area contributed by atoms with Gasteiger partial charge in [-0.15, -0.1) is 0 Å². The van der Waals surface area contributed by atoms with Crippen LogP contribution < -0.4 is 5.43 Å². The van der Waals surface area contributed by atoms with Crippen molar-refractivity contribution in [1.29, 1.82) is 0 Å². The van der Waals surface area contributed by atoms with E-state index in [-0.39, 0.29) is 11.5 Å². The van der Waals surface area contributed by atoms with E-state index in [1.165, 1.54) is 5.56 Å². The molecule has 0 spiro atoms. The number of aromatic nitrogens is 1. The van der Waals surface area contributed by atoms with Gasteiger partial charge in [-0.05, 0) is 47.9 Å². The predicted octanol–water partition coefficient (Wildman–Crippen LogP) is 5.56. The van der Waals surface area contributed by atoms with Crippen LogP contribution in [0.3, 0.4) is 0 Å². The van der Waals surface area contributed by atoms with Gasteiger partial charge in [0.15, 0.2) is 5.43 Å². The number of ether oxygens (including phenoxy) is 1. The molecule has 4 heteroatoms. The molecule has 2 rings (SSSR count). The van der Waals surface area contributed by atoms with Crippen molar-refractivity contribution in [1.82, 2.24) is 4.57 Å². The molecule has 26 heavy (non-hydrogen) atoms. The summed E-state index contributed by atoms with van der Waals surface area (Å²) in [5.74, 6) is 0. The summed E-state index contributed by atoms with van der Waals surface area (Å²) in [6, 6.07) is 8.24. The van der Waals surface area contributed by atoms with Crippen molar-refractivity contribution in [3.8, 4) is 11.1 Å². The van der Waals surface area contributed by atoms with E-state index < -0.39 is 0 Å². The molecule has 140 valence electrons. The molecule has 1 aromatic heterocycles. The van der Waals surface area contributed by atoms with E-state index in [1.54, 1.807) is 0 Å². The Morgan fingerprint density at radius 1 is 1.27 bits per heavy atom. The molecule has 1 atom stereocenters. The fraction of sp³-hybridized carbons (Fsp3) is 0.409. The van der Waals surface area contributed by atoms with Crippen LogP contribution in [-0.4, -0.2) is 17.3 Å². The lowest BCUT2D eigenvalue weighted by Gasteiger charge is -2.15. The molecular weight excluding hydrogens is 390 g/mol. The zero-order valence-electron chi connectivity index (χ0n) is 16.1. The fourth-order valence-electron chi connectivity index (χ4n) is 3.00. The van der Waals surface area contributed by atoms with Gasteiger partial charge in [-0.25, -0.2) is 0 Å². The Kier molecular flexibility index (Phi) is 7.85. The Morgan fingerprint density at radius 2 is 2.04 bits per heavy atom. The number of hydrogen-bond acceptors (Lipinski definition) is 2. The van der Waals surface area contributed by atoms with Gasteiger partial charge in [0, 0.05) is 37.2 Å². The van der Waals surface area contributed by atoms with Crippen LogP contribution in [0.25, 0.3) is 17.2 Å². The molecule has 0 bridgehead atoms. The highest BCUT2D eigenvalue weighted by molar-refractivity contribution is 9.11. The highest BCUT2D eigenvalue weighted by atomic mass is 79.9. The van der Waals surface area contributed by atoms with Crippen LogP contribution >= 0.6 is 15.9 Å². The maximum Gasteiger partial charge on any atom is 0.196 e. The maximum atomic E-state index is 13.0. The minimum atomic E-state index is 0.0579. The summed E-state index contributed by atoms with van der Waals surface area (Å²) in [5, 5.41) is 0. The Labute approximate surface area is 164 Å². The van der Waals surface area contributed by atoms with Crippen molar-refractivity contribution in [3.63, 3.8) is 0 Å². The number of aryl methyl sites for hydroxylation is 1. The van der Waals surface area contributed by atoms with Crippen molar-refractivity contribution < 1.29 is 4.74 Å². The third kappa shape index (κ3) is 5.42. The second-order valence-corrected chi connectivity index (χ2v) is 7.48. The highest BCUT2D eigenvalue weighted by Crippen LogP contribution is 2.21. The van der Waals surface area contributed by atoms with Gasteiger partial charge in [0.2, 0.25) is 0 Å². The molecule has 3 nitrogen and oxygen atoms in total. The molecule has 0 saturated carbocycles. The first-order valence-corrected chi connectivity index (χ1v) is 10.0. The molecule has 1 aromatic carbocycles. The van der Waals surface area contributed by atoms with E-state index >= 15 is 0 Å². The Hall–Kier alpha value is -1.65. The van der Waals surface area contributed by atoms with Gasteiger partial charge in [0.25, 0.3) is 0 Å². The molecule has 1 unspecified atom stereocenters. The number of nitrogens with zero attached hydrogens (tertiary/aromatic N) is 1. The summed E-state index contributed by atoms with van der Waals surface area (Å²) in [5.41, 5.74) is 3.63. The van der Waals surface area contributed by atoms with Gasteiger partial charge < -0.3 is 9.30 Å². The molecule has 0 saturated heterocycles. The highest BCUT2D eigenvalue weighted by Gasteiger charge is 2.11. The summed E-state index contributed by atoms with van der Waals surface area (Å²) in [6.07, 6.45) is 8.60. The van der Waals surface area contributed by atoms with E-state index in [2.05, 4.69) is 41.9 Å². The standard InChI is InChI=1S/C22H28BrNO2/c1-5-19(23)13-18-14-24(4)15-21(22(18)25)17-10-8-9-16(11-17)12-20(6-2)26-7-3/h8-11,13-15,20H,5-7,12H2,1-4H3/b19-13+. The molecule has 0 aliphatic heterocycles. The van der Waals surface area contributed by atoms with Crippen LogP contribution in [0.1, 0.15) is 44.7 Å². The van der Waals surface area contributed by atoms with E-state index in [4.69, 9.17) is 4.74 Å². The Bertz CT molecular complexity index is 823. The lowest BCUT2D eigenvalue weighted by molar-refractivity contribution is 0.0607. The lowest BCUT2D eigenvalue weighted by atomic mass is 9.99. The summed E-state index contributed by atoms with van der Waals surface area (Å²) in [6.45, 7) is 6.94. The first kappa shape index (κ1) is 20.7. The largest absolute Gasteiger partial charge is 0.378 e. The maximum absolute atomic E-state index is 13.0. The molecule has 0 amide bonds. The molecule has 0 N–H and O–H groups in total. The predicted molar refractivity (Wildman–Crippen MR) is 114 cm³/mol. The number of allylic oxidation sites excluding steroid dienone is 1. The smallest absolute Gasteiger partial charge is 0.196 e. The molecular formula is C22H28BrNO2. The molecule has 0 aliphatic carbocycles. The summed E-state index contributed by atoms with van der Waals surface area (Å²) < 4.78 is 8.74. The van der Waals surface area contributed by atoms with Crippen molar-refractivity contribution in [3.05, 3.63) is 62.5 Å². The fourth-order valence-corrected chi connectivity index (χ4v) is 3.24. The van der Waals surface area contributed by atoms with Gasteiger partial charge in [0.1, 0.15) is 0 Å². The van der Waals surface area contributed by atoms with E-state index in [0.717, 1.165) is 41.5 Å². The number of pyridine rings is 1. The molecule has 2 aromatic rings. The second-order valence-electron chi connectivity index (χ2n) is 6.46. The van der Waals surface area contributed by atoms with Crippen molar-refractivity contribution in [2.24, 2.45) is 7.05 Å². The number of halogens is 1. The topological polar surface area (TPSA) is 31.2 Å². The zero-order valence-corrected chi connectivity index (χ0v) is 17.7. The van der Waals surface area contributed by atoms with Crippen LogP contribution in [0, 0.1) is 0 Å².